The molecule has 0 spiro atoms. The highest BCUT2D eigenvalue weighted by Gasteiger charge is 2.23. The van der Waals surface area contributed by atoms with E-state index in [0.29, 0.717) is 0 Å². The Hall–Kier alpha value is -2.25. The first-order chi connectivity index (χ1) is 8.66. The fraction of sp³-hybridized carbons (Fsp3) is 0.500. The number of rotatable bonds is 2. The lowest BCUT2D eigenvalue weighted by atomic mass is 9.93. The molecule has 2 aromatic heterocycles. The maximum Gasteiger partial charge on any atom is 0.352 e. The number of aryl methyl sites for hydroxylation is 1. The van der Waals surface area contributed by atoms with E-state index in [1.165, 1.54) is 17.8 Å². The fourth-order valence-corrected chi connectivity index (χ4v) is 1.85. The van der Waals surface area contributed by atoms with Gasteiger partial charge in [-0.15, -0.1) is 5.10 Å². The van der Waals surface area contributed by atoms with Crippen molar-refractivity contribution in [2.45, 2.75) is 25.3 Å². The number of carbonyl (C=O) groups excluding carboxylic acids is 1. The third kappa shape index (κ3) is 1.57. The van der Waals surface area contributed by atoms with Gasteiger partial charge in [0.2, 0.25) is 0 Å². The minimum absolute atomic E-state index is 0.145. The minimum Gasteiger partial charge on any atom is -0.348 e. The van der Waals surface area contributed by atoms with E-state index in [-0.39, 0.29) is 29.0 Å². The molecule has 1 amide bonds. The average Bonchev–Trinajstić information content (AvgIpc) is 2.73. The van der Waals surface area contributed by atoms with E-state index in [0.717, 1.165) is 23.9 Å². The van der Waals surface area contributed by atoms with E-state index in [2.05, 4.69) is 20.6 Å². The molecule has 94 valence electrons. The Morgan fingerprint density at radius 2 is 2.28 bits per heavy atom. The number of nitrogens with one attached hydrogen (secondary N) is 1. The summed E-state index contributed by atoms with van der Waals surface area (Å²) in [5, 5.41) is 10.3. The summed E-state index contributed by atoms with van der Waals surface area (Å²) in [5.74, 6) is -0.301. The number of hydrogen-bond donors (Lipinski definition) is 1. The van der Waals surface area contributed by atoms with E-state index >= 15 is 0 Å². The number of nitrogens with zero attached hydrogens (tertiary/aromatic N) is 5. The molecule has 18 heavy (non-hydrogen) atoms. The highest BCUT2D eigenvalue weighted by molar-refractivity contribution is 5.98. The summed E-state index contributed by atoms with van der Waals surface area (Å²) in [6, 6.07) is 0.216. The Kier molecular flexibility index (Phi) is 2.35. The third-order valence-electron chi connectivity index (χ3n) is 3.15. The van der Waals surface area contributed by atoms with Crippen LogP contribution in [0.4, 0.5) is 0 Å². The molecule has 8 heteroatoms. The molecule has 0 atom stereocenters. The van der Waals surface area contributed by atoms with Crippen LogP contribution in [0.3, 0.4) is 0 Å². The van der Waals surface area contributed by atoms with Crippen LogP contribution < -0.4 is 11.0 Å². The van der Waals surface area contributed by atoms with Crippen LogP contribution >= 0.6 is 0 Å². The van der Waals surface area contributed by atoms with Gasteiger partial charge in [0.15, 0.2) is 11.3 Å². The molecular formula is C10H12N6O2. The van der Waals surface area contributed by atoms with E-state index < -0.39 is 0 Å². The Labute approximate surface area is 102 Å². The Bertz CT molecular complexity index is 669. The second-order valence-electron chi connectivity index (χ2n) is 4.38. The second-order valence-corrected chi connectivity index (χ2v) is 4.38. The highest BCUT2D eigenvalue weighted by atomic mass is 16.2. The fourth-order valence-electron chi connectivity index (χ4n) is 1.85. The summed E-state index contributed by atoms with van der Waals surface area (Å²) in [5.41, 5.74) is -0.0442. The zero-order valence-electron chi connectivity index (χ0n) is 9.83. The van der Waals surface area contributed by atoms with Crippen molar-refractivity contribution < 1.29 is 4.79 Å². The molecule has 1 N–H and O–H groups in total. The Morgan fingerprint density at radius 1 is 1.50 bits per heavy atom. The monoisotopic (exact) mass is 248 g/mol. The van der Waals surface area contributed by atoms with Crippen LogP contribution in [-0.4, -0.2) is 36.3 Å². The molecule has 1 aliphatic rings. The molecule has 8 nitrogen and oxygen atoms in total. The van der Waals surface area contributed by atoms with Gasteiger partial charge in [-0.3, -0.25) is 4.79 Å². The summed E-state index contributed by atoms with van der Waals surface area (Å²) in [6.07, 6.45) is 4.41. The molecular weight excluding hydrogens is 236 g/mol. The maximum atomic E-state index is 12.0. The van der Waals surface area contributed by atoms with Crippen LogP contribution in [0.25, 0.3) is 5.65 Å². The van der Waals surface area contributed by atoms with Gasteiger partial charge in [-0.2, -0.15) is 4.68 Å². The number of carbonyl (C=O) groups is 1. The van der Waals surface area contributed by atoms with Crippen LogP contribution in [0, 0.1) is 0 Å². The van der Waals surface area contributed by atoms with Crippen molar-refractivity contribution in [3.63, 3.8) is 0 Å². The minimum atomic E-state index is -0.379. The van der Waals surface area contributed by atoms with Crippen LogP contribution in [0.5, 0.6) is 0 Å². The van der Waals surface area contributed by atoms with Crippen molar-refractivity contribution in [3.8, 4) is 0 Å². The molecule has 0 unspecified atom stereocenters. The molecule has 0 bridgehead atoms. The first kappa shape index (κ1) is 10.9. The zero-order valence-corrected chi connectivity index (χ0v) is 9.83. The SMILES string of the molecule is Cn1nnc2c(C(=O)NC3CCC3)ncn2c1=O. The van der Waals surface area contributed by atoms with Crippen LogP contribution in [-0.2, 0) is 7.05 Å². The molecule has 3 rings (SSSR count). The summed E-state index contributed by atoms with van der Waals surface area (Å²) in [6.45, 7) is 0. The molecule has 2 aromatic rings. The van der Waals surface area contributed by atoms with Gasteiger partial charge in [-0.1, -0.05) is 5.21 Å². The van der Waals surface area contributed by atoms with E-state index in [1.54, 1.807) is 0 Å². The number of imidazole rings is 1. The largest absolute Gasteiger partial charge is 0.352 e. The highest BCUT2D eigenvalue weighted by Crippen LogP contribution is 2.18. The number of hydrogen-bond acceptors (Lipinski definition) is 5. The van der Waals surface area contributed by atoms with Gasteiger partial charge in [0, 0.05) is 13.1 Å². The van der Waals surface area contributed by atoms with Crippen molar-refractivity contribution in [1.82, 2.24) is 29.7 Å². The lowest BCUT2D eigenvalue weighted by Crippen LogP contribution is -2.39. The van der Waals surface area contributed by atoms with E-state index in [9.17, 15) is 9.59 Å². The number of aromatic nitrogens is 5. The molecule has 1 saturated carbocycles. The van der Waals surface area contributed by atoms with Crippen LogP contribution in [0.15, 0.2) is 11.1 Å². The quantitative estimate of drug-likeness (QED) is 0.743. The molecule has 0 aromatic carbocycles. The van der Waals surface area contributed by atoms with Crippen molar-refractivity contribution in [3.05, 3.63) is 22.5 Å². The number of fused-ring (bicyclic) bond motifs is 1. The van der Waals surface area contributed by atoms with Gasteiger partial charge >= 0.3 is 5.69 Å². The number of amides is 1. The normalized spacial score (nSPS) is 15.6. The maximum absolute atomic E-state index is 12.0. The van der Waals surface area contributed by atoms with E-state index in [4.69, 9.17) is 0 Å². The van der Waals surface area contributed by atoms with Crippen molar-refractivity contribution >= 4 is 11.6 Å². The van der Waals surface area contributed by atoms with E-state index in [1.807, 2.05) is 0 Å². The standard InChI is InChI=1S/C10H12N6O2/c1-15-10(18)16-5-11-7(8(16)13-14-15)9(17)12-6-3-2-4-6/h5-6H,2-4H2,1H3,(H,12,17). The van der Waals surface area contributed by atoms with Crippen molar-refractivity contribution in [2.75, 3.05) is 0 Å². The lowest BCUT2D eigenvalue weighted by molar-refractivity contribution is 0.0914. The summed E-state index contributed by atoms with van der Waals surface area (Å²) in [4.78, 5) is 27.6. The van der Waals surface area contributed by atoms with Gasteiger partial charge in [-0.25, -0.2) is 14.2 Å². The lowest BCUT2D eigenvalue weighted by Gasteiger charge is -2.25. The second kappa shape index (κ2) is 3.90. The van der Waals surface area contributed by atoms with Crippen molar-refractivity contribution in [1.29, 1.82) is 0 Å². The Morgan fingerprint density at radius 3 is 2.94 bits per heavy atom. The van der Waals surface area contributed by atoms with Gasteiger partial charge in [0.1, 0.15) is 6.33 Å². The molecule has 2 heterocycles. The van der Waals surface area contributed by atoms with Gasteiger partial charge in [0.25, 0.3) is 5.91 Å². The summed E-state index contributed by atoms with van der Waals surface area (Å²) >= 11 is 0. The first-order valence-electron chi connectivity index (χ1n) is 5.75. The van der Waals surface area contributed by atoms with Crippen LogP contribution in [0.1, 0.15) is 29.8 Å². The van der Waals surface area contributed by atoms with Crippen LogP contribution in [0.2, 0.25) is 0 Å². The van der Waals surface area contributed by atoms with Gasteiger partial charge in [-0.05, 0) is 19.3 Å². The molecule has 0 saturated heterocycles. The molecule has 0 aliphatic heterocycles. The van der Waals surface area contributed by atoms with Gasteiger partial charge < -0.3 is 5.32 Å². The predicted octanol–water partition coefficient (Wildman–Crippen LogP) is -0.895. The summed E-state index contributed by atoms with van der Waals surface area (Å²) < 4.78 is 2.30. The average molecular weight is 248 g/mol. The third-order valence-corrected chi connectivity index (χ3v) is 3.15. The molecule has 1 fully saturated rings. The summed E-state index contributed by atoms with van der Waals surface area (Å²) in [7, 11) is 1.49. The van der Waals surface area contributed by atoms with Crippen molar-refractivity contribution in [2.24, 2.45) is 7.05 Å². The molecule has 1 aliphatic carbocycles. The Balaban J connectivity index is 1.99. The van der Waals surface area contributed by atoms with Gasteiger partial charge in [0.05, 0.1) is 0 Å². The first-order valence-corrected chi connectivity index (χ1v) is 5.75. The predicted molar refractivity (Wildman–Crippen MR) is 61.1 cm³/mol. The molecule has 0 radical (unpaired) electrons. The topological polar surface area (TPSA) is 94.2 Å². The zero-order chi connectivity index (χ0) is 12.7. The smallest absolute Gasteiger partial charge is 0.348 e.